The number of ether oxygens (including phenoxy) is 2. The molecule has 122 valence electrons. The van der Waals surface area contributed by atoms with Gasteiger partial charge in [0.05, 0.1) is 13.2 Å². The Bertz CT molecular complexity index is 341. The Morgan fingerprint density at radius 3 is 2.24 bits per heavy atom. The molecule has 1 saturated carbocycles. The zero-order chi connectivity index (χ0) is 15.9. The van der Waals surface area contributed by atoms with Crippen molar-refractivity contribution >= 4 is 11.9 Å². The Labute approximate surface area is 127 Å². The monoisotopic (exact) mass is 299 g/mol. The van der Waals surface area contributed by atoms with Crippen LogP contribution in [0, 0.1) is 5.92 Å². The molecule has 1 aliphatic rings. The molecule has 0 radical (unpaired) electrons. The normalized spacial score (nSPS) is 22.7. The molecule has 0 spiro atoms. The lowest BCUT2D eigenvalue weighted by Gasteiger charge is -2.29. The first-order valence-electron chi connectivity index (χ1n) is 7.91. The first-order valence-corrected chi connectivity index (χ1v) is 7.91. The van der Waals surface area contributed by atoms with Gasteiger partial charge in [-0.3, -0.25) is 9.59 Å². The number of carbonyl (C=O) groups excluding carboxylic acids is 2. The molecule has 0 aliphatic heterocycles. The van der Waals surface area contributed by atoms with E-state index in [9.17, 15) is 9.59 Å². The van der Waals surface area contributed by atoms with Crippen LogP contribution in [0.25, 0.3) is 0 Å². The zero-order valence-corrected chi connectivity index (χ0v) is 13.7. The average molecular weight is 299 g/mol. The van der Waals surface area contributed by atoms with Crippen molar-refractivity contribution in [2.45, 2.75) is 71.4 Å². The number of esters is 2. The largest absolute Gasteiger partial charge is 0.466 e. The molecule has 0 aromatic carbocycles. The van der Waals surface area contributed by atoms with E-state index in [2.05, 4.69) is 5.32 Å². The lowest BCUT2D eigenvalue weighted by atomic mass is 9.84. The second-order valence-corrected chi connectivity index (χ2v) is 6.69. The Kier molecular flexibility index (Phi) is 7.15. The molecule has 1 aliphatic carbocycles. The van der Waals surface area contributed by atoms with Crippen molar-refractivity contribution in [2.75, 3.05) is 13.2 Å². The van der Waals surface area contributed by atoms with Gasteiger partial charge in [0.25, 0.3) is 0 Å². The SMILES string of the molecule is CCOC(=O)CC1CCC(NCC(=O)OC(C)(C)C)CC1. The molecule has 0 bridgehead atoms. The third-order valence-electron chi connectivity index (χ3n) is 3.56. The number of nitrogens with one attached hydrogen (secondary N) is 1. The van der Waals surface area contributed by atoms with Gasteiger partial charge in [-0.1, -0.05) is 0 Å². The quantitative estimate of drug-likeness (QED) is 0.763. The molecule has 21 heavy (non-hydrogen) atoms. The molecule has 0 amide bonds. The average Bonchev–Trinajstić information content (AvgIpc) is 2.36. The number of rotatable bonds is 6. The van der Waals surface area contributed by atoms with E-state index in [0.717, 1.165) is 25.7 Å². The van der Waals surface area contributed by atoms with Crippen LogP contribution in [0.2, 0.25) is 0 Å². The smallest absolute Gasteiger partial charge is 0.320 e. The van der Waals surface area contributed by atoms with Crippen molar-refractivity contribution in [1.82, 2.24) is 5.32 Å². The molecule has 1 rings (SSSR count). The molecule has 0 aromatic heterocycles. The summed E-state index contributed by atoms with van der Waals surface area (Å²) in [6.45, 7) is 8.13. The molecule has 5 nitrogen and oxygen atoms in total. The second kappa shape index (κ2) is 8.37. The van der Waals surface area contributed by atoms with Gasteiger partial charge < -0.3 is 14.8 Å². The molecule has 0 heterocycles. The maximum Gasteiger partial charge on any atom is 0.320 e. The van der Waals surface area contributed by atoms with Crippen LogP contribution in [0.4, 0.5) is 0 Å². The van der Waals surface area contributed by atoms with Crippen molar-refractivity contribution in [3.8, 4) is 0 Å². The molecule has 1 fully saturated rings. The second-order valence-electron chi connectivity index (χ2n) is 6.69. The molecule has 0 saturated heterocycles. The van der Waals surface area contributed by atoms with Crippen LogP contribution >= 0.6 is 0 Å². The van der Waals surface area contributed by atoms with Crippen LogP contribution in [-0.2, 0) is 19.1 Å². The van der Waals surface area contributed by atoms with Gasteiger partial charge in [-0.25, -0.2) is 0 Å². The lowest BCUT2D eigenvalue weighted by molar-refractivity contribution is -0.153. The third kappa shape index (κ3) is 8.05. The molecule has 0 aromatic rings. The summed E-state index contributed by atoms with van der Waals surface area (Å²) < 4.78 is 10.2. The Morgan fingerprint density at radius 2 is 1.71 bits per heavy atom. The maximum absolute atomic E-state index is 11.6. The summed E-state index contributed by atoms with van der Waals surface area (Å²) in [5, 5.41) is 3.25. The van der Waals surface area contributed by atoms with E-state index in [1.165, 1.54) is 0 Å². The highest BCUT2D eigenvalue weighted by atomic mass is 16.6. The van der Waals surface area contributed by atoms with Crippen LogP contribution in [0.1, 0.15) is 59.8 Å². The number of hydrogen-bond acceptors (Lipinski definition) is 5. The summed E-state index contributed by atoms with van der Waals surface area (Å²) in [4.78, 5) is 23.1. The van der Waals surface area contributed by atoms with E-state index in [1.54, 1.807) is 0 Å². The number of carbonyl (C=O) groups is 2. The van der Waals surface area contributed by atoms with Crippen LogP contribution in [0.15, 0.2) is 0 Å². The fraction of sp³-hybridized carbons (Fsp3) is 0.875. The van der Waals surface area contributed by atoms with Gasteiger partial charge >= 0.3 is 11.9 Å². The molecular formula is C16H29NO4. The van der Waals surface area contributed by atoms with E-state index in [4.69, 9.17) is 9.47 Å². The summed E-state index contributed by atoms with van der Waals surface area (Å²) in [5.74, 6) is 0.113. The highest BCUT2D eigenvalue weighted by Crippen LogP contribution is 2.27. The van der Waals surface area contributed by atoms with Crippen molar-refractivity contribution < 1.29 is 19.1 Å². The molecular weight excluding hydrogens is 270 g/mol. The minimum absolute atomic E-state index is 0.0948. The Hall–Kier alpha value is -1.10. The van der Waals surface area contributed by atoms with Gasteiger partial charge in [0.15, 0.2) is 0 Å². The maximum atomic E-state index is 11.6. The molecule has 0 unspecified atom stereocenters. The van der Waals surface area contributed by atoms with E-state index in [-0.39, 0.29) is 18.5 Å². The van der Waals surface area contributed by atoms with Crippen LogP contribution in [0.3, 0.4) is 0 Å². The fourth-order valence-corrected chi connectivity index (χ4v) is 2.63. The van der Waals surface area contributed by atoms with Gasteiger partial charge in [0.1, 0.15) is 5.60 Å². The first-order chi connectivity index (χ1) is 9.80. The van der Waals surface area contributed by atoms with Gasteiger partial charge in [0.2, 0.25) is 0 Å². The van der Waals surface area contributed by atoms with Crippen molar-refractivity contribution in [3.63, 3.8) is 0 Å². The summed E-state index contributed by atoms with van der Waals surface area (Å²) in [6, 6.07) is 0.343. The fourth-order valence-electron chi connectivity index (χ4n) is 2.63. The number of hydrogen-bond donors (Lipinski definition) is 1. The predicted molar refractivity (Wildman–Crippen MR) is 80.8 cm³/mol. The van der Waals surface area contributed by atoms with Crippen LogP contribution in [0.5, 0.6) is 0 Å². The minimum atomic E-state index is -0.434. The van der Waals surface area contributed by atoms with Crippen LogP contribution < -0.4 is 5.32 Å². The lowest BCUT2D eigenvalue weighted by Crippen LogP contribution is -2.39. The van der Waals surface area contributed by atoms with Gasteiger partial charge in [0, 0.05) is 12.5 Å². The highest BCUT2D eigenvalue weighted by Gasteiger charge is 2.24. The molecule has 5 heteroatoms. The summed E-state index contributed by atoms with van der Waals surface area (Å²) in [5.41, 5.74) is -0.434. The van der Waals surface area contributed by atoms with Gasteiger partial charge in [-0.15, -0.1) is 0 Å². The highest BCUT2D eigenvalue weighted by molar-refractivity contribution is 5.72. The van der Waals surface area contributed by atoms with E-state index < -0.39 is 5.60 Å². The van der Waals surface area contributed by atoms with E-state index in [1.807, 2.05) is 27.7 Å². The van der Waals surface area contributed by atoms with Crippen LogP contribution in [-0.4, -0.2) is 36.7 Å². The molecule has 1 N–H and O–H groups in total. The third-order valence-corrected chi connectivity index (χ3v) is 3.56. The first kappa shape index (κ1) is 18.0. The van der Waals surface area contributed by atoms with Gasteiger partial charge in [-0.05, 0) is 59.3 Å². The predicted octanol–water partition coefficient (Wildman–Crippen LogP) is 2.43. The minimum Gasteiger partial charge on any atom is -0.466 e. The topological polar surface area (TPSA) is 64.6 Å². The Morgan fingerprint density at radius 1 is 1.10 bits per heavy atom. The summed E-state index contributed by atoms with van der Waals surface area (Å²) in [7, 11) is 0. The standard InChI is InChI=1S/C16H29NO4/c1-5-20-14(18)10-12-6-8-13(9-7-12)17-11-15(19)21-16(2,3)4/h12-13,17H,5-11H2,1-4H3. The Balaban J connectivity index is 2.19. The van der Waals surface area contributed by atoms with Crippen molar-refractivity contribution in [2.24, 2.45) is 5.92 Å². The zero-order valence-electron chi connectivity index (χ0n) is 13.7. The summed E-state index contributed by atoms with van der Waals surface area (Å²) >= 11 is 0. The van der Waals surface area contributed by atoms with Gasteiger partial charge in [-0.2, -0.15) is 0 Å². The van der Waals surface area contributed by atoms with E-state index in [0.29, 0.717) is 25.0 Å². The van der Waals surface area contributed by atoms with Crippen molar-refractivity contribution in [1.29, 1.82) is 0 Å². The molecule has 0 atom stereocenters. The van der Waals surface area contributed by atoms with Crippen molar-refractivity contribution in [3.05, 3.63) is 0 Å². The summed E-state index contributed by atoms with van der Waals surface area (Å²) in [6.07, 6.45) is 4.52. The van der Waals surface area contributed by atoms with E-state index >= 15 is 0 Å².